The number of fused-ring (bicyclic) bond motifs is 1. The normalized spacial score (nSPS) is 30.8. The number of nitrogens with one attached hydrogen (secondary N) is 1. The van der Waals surface area contributed by atoms with Gasteiger partial charge in [-0.3, -0.25) is 4.79 Å². The zero-order valence-corrected chi connectivity index (χ0v) is 18.8. The van der Waals surface area contributed by atoms with Crippen LogP contribution in [0.3, 0.4) is 0 Å². The van der Waals surface area contributed by atoms with Crippen molar-refractivity contribution in [2.24, 2.45) is 5.92 Å². The average molecular weight is 441 g/mol. The Bertz CT molecular complexity index is 891. The van der Waals surface area contributed by atoms with Crippen LogP contribution in [0, 0.1) is 17.2 Å². The standard InChI is InChI=1S/C25H32N2O5/c1-4-11-29-20-12-25(23(28)27-15-17-9-10-17,13-21-22(20)32-24(2,3)31-21)30-16-19-8-6-5-7-18(19)14-26/h4-8,17,20-22H,1,9-13,15-16H2,2-3H3,(H,27,28)/t20?,21-,22+,25-/m1/s1. The Morgan fingerprint density at radius 1 is 1.31 bits per heavy atom. The Hall–Kier alpha value is -2.24. The SMILES string of the molecule is C=CCOC1C[C@](OCc2ccccc2C#N)(C(=O)NCC2CC2)C[C@H]2OC(C)(C)O[C@@H]12. The summed E-state index contributed by atoms with van der Waals surface area (Å²) in [6.45, 7) is 8.62. The Balaban J connectivity index is 1.60. The summed E-state index contributed by atoms with van der Waals surface area (Å²) in [5.41, 5.74) is 0.142. The zero-order valence-electron chi connectivity index (χ0n) is 18.8. The third kappa shape index (κ3) is 5.05. The molecule has 4 rings (SSSR count). The number of carbonyl (C=O) groups excluding carboxylic acids is 1. The van der Waals surface area contributed by atoms with Crippen molar-refractivity contribution in [1.29, 1.82) is 5.26 Å². The van der Waals surface area contributed by atoms with E-state index >= 15 is 0 Å². The lowest BCUT2D eigenvalue weighted by Gasteiger charge is -2.43. The summed E-state index contributed by atoms with van der Waals surface area (Å²) in [6, 6.07) is 9.48. The maximum Gasteiger partial charge on any atom is 0.252 e. The highest BCUT2D eigenvalue weighted by Gasteiger charge is 2.58. The fourth-order valence-electron chi connectivity index (χ4n) is 4.59. The molecule has 1 amide bonds. The first-order valence-corrected chi connectivity index (χ1v) is 11.3. The van der Waals surface area contributed by atoms with Crippen molar-refractivity contribution in [3.63, 3.8) is 0 Å². The number of nitrogens with zero attached hydrogens (tertiary/aromatic N) is 1. The van der Waals surface area contributed by atoms with Gasteiger partial charge in [0.25, 0.3) is 5.91 Å². The van der Waals surface area contributed by atoms with Gasteiger partial charge >= 0.3 is 0 Å². The van der Waals surface area contributed by atoms with Gasteiger partial charge in [-0.2, -0.15) is 5.26 Å². The van der Waals surface area contributed by atoms with Gasteiger partial charge in [0.05, 0.1) is 37.1 Å². The maximum absolute atomic E-state index is 13.5. The summed E-state index contributed by atoms with van der Waals surface area (Å²) in [5.74, 6) is -0.374. The van der Waals surface area contributed by atoms with E-state index in [-0.39, 0.29) is 30.8 Å². The Morgan fingerprint density at radius 2 is 2.09 bits per heavy atom. The topological polar surface area (TPSA) is 89.8 Å². The van der Waals surface area contributed by atoms with Gasteiger partial charge < -0.3 is 24.3 Å². The lowest BCUT2D eigenvalue weighted by molar-refractivity contribution is -0.180. The highest BCUT2D eigenvalue weighted by molar-refractivity contribution is 5.85. The van der Waals surface area contributed by atoms with Crippen molar-refractivity contribution in [3.8, 4) is 6.07 Å². The highest BCUT2D eigenvalue weighted by atomic mass is 16.8. The molecule has 2 aliphatic carbocycles. The molecule has 1 unspecified atom stereocenters. The van der Waals surface area contributed by atoms with Crippen LogP contribution >= 0.6 is 0 Å². The van der Waals surface area contributed by atoms with Gasteiger partial charge in [0, 0.05) is 19.4 Å². The minimum absolute atomic E-state index is 0.149. The second-order valence-electron chi connectivity index (χ2n) is 9.41. The number of nitriles is 1. The molecule has 1 aromatic carbocycles. The molecule has 0 bridgehead atoms. The molecular weight excluding hydrogens is 408 g/mol. The molecule has 0 aromatic heterocycles. The third-order valence-electron chi connectivity index (χ3n) is 6.38. The second kappa shape index (κ2) is 9.32. The second-order valence-corrected chi connectivity index (χ2v) is 9.41. The lowest BCUT2D eigenvalue weighted by atomic mass is 9.78. The molecule has 3 fully saturated rings. The number of carbonyl (C=O) groups is 1. The van der Waals surface area contributed by atoms with Crippen LogP contribution in [0.25, 0.3) is 0 Å². The van der Waals surface area contributed by atoms with Crippen molar-refractivity contribution >= 4 is 5.91 Å². The summed E-state index contributed by atoms with van der Waals surface area (Å²) < 4.78 is 24.7. The van der Waals surface area contributed by atoms with Crippen LogP contribution in [-0.4, -0.2) is 48.8 Å². The van der Waals surface area contributed by atoms with Gasteiger partial charge in [-0.15, -0.1) is 6.58 Å². The van der Waals surface area contributed by atoms with Crippen molar-refractivity contribution in [1.82, 2.24) is 5.32 Å². The summed E-state index contributed by atoms with van der Waals surface area (Å²) in [7, 11) is 0. The van der Waals surface area contributed by atoms with Gasteiger partial charge in [0.1, 0.15) is 6.10 Å². The minimum Gasteiger partial charge on any atom is -0.371 e. The largest absolute Gasteiger partial charge is 0.371 e. The predicted octanol–water partition coefficient (Wildman–Crippen LogP) is 3.22. The van der Waals surface area contributed by atoms with E-state index in [9.17, 15) is 10.1 Å². The third-order valence-corrected chi connectivity index (χ3v) is 6.38. The number of amides is 1. The molecule has 2 saturated carbocycles. The van der Waals surface area contributed by atoms with E-state index in [1.807, 2.05) is 32.0 Å². The van der Waals surface area contributed by atoms with E-state index in [1.165, 1.54) is 0 Å². The van der Waals surface area contributed by atoms with Crippen molar-refractivity contribution in [2.45, 2.75) is 75.8 Å². The van der Waals surface area contributed by atoms with Gasteiger partial charge in [-0.25, -0.2) is 0 Å². The summed E-state index contributed by atoms with van der Waals surface area (Å²) in [6.07, 6.45) is 3.66. The van der Waals surface area contributed by atoms with Crippen molar-refractivity contribution in [2.75, 3.05) is 13.2 Å². The number of rotatable bonds is 9. The number of ether oxygens (including phenoxy) is 4. The molecule has 1 N–H and O–H groups in total. The molecule has 32 heavy (non-hydrogen) atoms. The average Bonchev–Trinajstić information content (AvgIpc) is 3.55. The van der Waals surface area contributed by atoms with Gasteiger partial charge in [-0.1, -0.05) is 24.3 Å². The van der Waals surface area contributed by atoms with Gasteiger partial charge in [0.15, 0.2) is 11.4 Å². The molecule has 1 saturated heterocycles. The maximum atomic E-state index is 13.5. The van der Waals surface area contributed by atoms with E-state index in [0.29, 0.717) is 37.5 Å². The monoisotopic (exact) mass is 440 g/mol. The summed E-state index contributed by atoms with van der Waals surface area (Å²) in [4.78, 5) is 13.5. The van der Waals surface area contributed by atoms with E-state index in [1.54, 1.807) is 12.1 Å². The Labute approximate surface area is 189 Å². The van der Waals surface area contributed by atoms with Crippen LogP contribution in [0.2, 0.25) is 0 Å². The Morgan fingerprint density at radius 3 is 2.81 bits per heavy atom. The van der Waals surface area contributed by atoms with Crippen LogP contribution in [0.4, 0.5) is 0 Å². The smallest absolute Gasteiger partial charge is 0.252 e. The number of hydrogen-bond donors (Lipinski definition) is 1. The number of hydrogen-bond acceptors (Lipinski definition) is 6. The first kappa shape index (κ1) is 22.9. The molecule has 3 aliphatic rings. The predicted molar refractivity (Wildman–Crippen MR) is 117 cm³/mol. The van der Waals surface area contributed by atoms with E-state index in [0.717, 1.165) is 18.4 Å². The van der Waals surface area contributed by atoms with Crippen LogP contribution in [0.1, 0.15) is 50.7 Å². The van der Waals surface area contributed by atoms with Gasteiger partial charge in [-0.05, 0) is 44.2 Å². The molecule has 0 radical (unpaired) electrons. The summed E-state index contributed by atoms with van der Waals surface area (Å²) in [5, 5.41) is 12.5. The fourth-order valence-corrected chi connectivity index (χ4v) is 4.59. The molecule has 7 nitrogen and oxygen atoms in total. The quantitative estimate of drug-likeness (QED) is 0.593. The minimum atomic E-state index is -1.14. The number of benzene rings is 1. The van der Waals surface area contributed by atoms with Crippen molar-refractivity contribution < 1.29 is 23.7 Å². The van der Waals surface area contributed by atoms with Crippen LogP contribution < -0.4 is 5.32 Å². The molecule has 1 aromatic rings. The van der Waals surface area contributed by atoms with Crippen LogP contribution in [-0.2, 0) is 30.3 Å². The Kier molecular flexibility index (Phi) is 6.68. The molecule has 1 heterocycles. The van der Waals surface area contributed by atoms with E-state index in [4.69, 9.17) is 18.9 Å². The van der Waals surface area contributed by atoms with Crippen molar-refractivity contribution in [3.05, 3.63) is 48.0 Å². The first-order valence-electron chi connectivity index (χ1n) is 11.3. The fraction of sp³-hybridized carbons (Fsp3) is 0.600. The molecule has 172 valence electrons. The first-order chi connectivity index (χ1) is 15.4. The molecule has 1 aliphatic heterocycles. The van der Waals surface area contributed by atoms with Gasteiger partial charge in [0.2, 0.25) is 0 Å². The molecule has 0 spiro atoms. The van der Waals surface area contributed by atoms with E-state index < -0.39 is 11.4 Å². The lowest BCUT2D eigenvalue weighted by Crippen LogP contribution is -2.60. The van der Waals surface area contributed by atoms with E-state index in [2.05, 4.69) is 18.0 Å². The molecular formula is C25H32N2O5. The molecule has 4 atom stereocenters. The zero-order chi connectivity index (χ0) is 22.8. The molecule has 7 heteroatoms. The summed E-state index contributed by atoms with van der Waals surface area (Å²) >= 11 is 0. The highest BCUT2D eigenvalue weighted by Crippen LogP contribution is 2.44. The van der Waals surface area contributed by atoms with Crippen LogP contribution in [0.15, 0.2) is 36.9 Å². The van der Waals surface area contributed by atoms with Crippen LogP contribution in [0.5, 0.6) is 0 Å².